The summed E-state index contributed by atoms with van der Waals surface area (Å²) in [6.07, 6.45) is 1.78. The van der Waals surface area contributed by atoms with E-state index in [-0.39, 0.29) is 0 Å². The third kappa shape index (κ3) is 2.81. The smallest absolute Gasteiger partial charge is 0.273 e. The lowest BCUT2D eigenvalue weighted by atomic mass is 10.6. The third-order valence-electron chi connectivity index (χ3n) is 1.50. The second kappa shape index (κ2) is 5.11. The summed E-state index contributed by atoms with van der Waals surface area (Å²) in [4.78, 5) is 4.07. The number of halogens is 1. The van der Waals surface area contributed by atoms with E-state index in [4.69, 9.17) is 16.3 Å². The molecule has 0 atom stereocenters. The number of hydrogen-bond acceptors (Lipinski definition) is 7. The minimum Gasteiger partial charge on any atom is -0.473 e. The Kier molecular flexibility index (Phi) is 3.79. The molecular formula is C7H6ClN3OS3. The summed E-state index contributed by atoms with van der Waals surface area (Å²) in [5, 5.41) is 4.59. The first-order valence-corrected chi connectivity index (χ1v) is 6.84. The van der Waals surface area contributed by atoms with Crippen molar-refractivity contribution in [2.45, 2.75) is 9.96 Å². The standard InChI is InChI=1S/C7H6ClN3OS3/c1-12-7-9-2-5(14-7)13-3-4-6(8)15-11-10-4/h2H,3H2,1H3. The zero-order valence-electron chi connectivity index (χ0n) is 7.64. The summed E-state index contributed by atoms with van der Waals surface area (Å²) in [6, 6.07) is 0. The molecule has 0 aliphatic rings. The van der Waals surface area contributed by atoms with Crippen LogP contribution in [0.4, 0.5) is 0 Å². The Morgan fingerprint density at radius 1 is 1.60 bits per heavy atom. The van der Waals surface area contributed by atoms with Gasteiger partial charge in [-0.05, 0) is 0 Å². The van der Waals surface area contributed by atoms with Gasteiger partial charge in [0.2, 0.25) is 0 Å². The van der Waals surface area contributed by atoms with E-state index in [1.54, 1.807) is 25.1 Å². The van der Waals surface area contributed by atoms with Crippen LogP contribution in [0.1, 0.15) is 5.69 Å². The lowest BCUT2D eigenvalue weighted by molar-refractivity contribution is 0.412. The topological polar surface area (TPSA) is 47.9 Å². The number of methoxy groups -OCH3 is 1. The van der Waals surface area contributed by atoms with E-state index in [1.807, 2.05) is 0 Å². The van der Waals surface area contributed by atoms with Gasteiger partial charge in [0, 0.05) is 17.3 Å². The fourth-order valence-corrected chi connectivity index (χ4v) is 3.33. The Hall–Kier alpha value is -0.370. The van der Waals surface area contributed by atoms with Crippen molar-refractivity contribution in [2.24, 2.45) is 0 Å². The molecule has 0 bridgehead atoms. The molecule has 0 radical (unpaired) electrons. The van der Waals surface area contributed by atoms with Crippen molar-refractivity contribution in [2.75, 3.05) is 7.11 Å². The molecule has 0 amide bonds. The first-order chi connectivity index (χ1) is 7.29. The maximum atomic E-state index is 5.88. The second-order valence-corrected chi connectivity index (χ2v) is 6.06. The van der Waals surface area contributed by atoms with Gasteiger partial charge in [0.15, 0.2) is 0 Å². The molecule has 80 valence electrons. The van der Waals surface area contributed by atoms with Gasteiger partial charge in [-0.1, -0.05) is 27.4 Å². The van der Waals surface area contributed by atoms with E-state index in [1.165, 1.54) is 22.9 Å². The molecule has 0 N–H and O–H groups in total. The molecule has 2 aromatic heterocycles. The van der Waals surface area contributed by atoms with Crippen LogP contribution in [0.25, 0.3) is 0 Å². The predicted octanol–water partition coefficient (Wildman–Crippen LogP) is 2.95. The normalized spacial score (nSPS) is 10.5. The highest BCUT2D eigenvalue weighted by molar-refractivity contribution is 8.00. The molecule has 0 aliphatic heterocycles. The van der Waals surface area contributed by atoms with Crippen LogP contribution in [0.5, 0.6) is 5.19 Å². The zero-order chi connectivity index (χ0) is 10.7. The first-order valence-electron chi connectivity index (χ1n) is 3.89. The molecule has 0 fully saturated rings. The molecule has 2 heterocycles. The van der Waals surface area contributed by atoms with E-state index in [0.29, 0.717) is 15.3 Å². The van der Waals surface area contributed by atoms with Crippen LogP contribution >= 0.6 is 46.2 Å². The number of thioether (sulfide) groups is 1. The van der Waals surface area contributed by atoms with Crippen LogP contribution < -0.4 is 4.74 Å². The SMILES string of the molecule is COc1ncc(SCc2nnsc2Cl)s1. The van der Waals surface area contributed by atoms with Crippen molar-refractivity contribution in [3.63, 3.8) is 0 Å². The highest BCUT2D eigenvalue weighted by Gasteiger charge is 2.08. The van der Waals surface area contributed by atoms with Crippen molar-refractivity contribution >= 4 is 46.2 Å². The average molecular weight is 280 g/mol. The summed E-state index contributed by atoms with van der Waals surface area (Å²) in [6.45, 7) is 0. The van der Waals surface area contributed by atoms with E-state index in [2.05, 4.69) is 14.6 Å². The number of thiazole rings is 1. The summed E-state index contributed by atoms with van der Waals surface area (Å²) in [7, 11) is 1.61. The van der Waals surface area contributed by atoms with Gasteiger partial charge in [0.05, 0.1) is 17.5 Å². The number of aromatic nitrogens is 3. The van der Waals surface area contributed by atoms with Crippen LogP contribution in [-0.4, -0.2) is 21.7 Å². The summed E-state index contributed by atoms with van der Waals surface area (Å²) in [5.74, 6) is 0.709. The Labute approximate surface area is 104 Å². The molecule has 4 nitrogen and oxygen atoms in total. The lowest BCUT2D eigenvalue weighted by Gasteiger charge is -1.93. The summed E-state index contributed by atoms with van der Waals surface area (Å²) in [5.41, 5.74) is 0.819. The van der Waals surface area contributed by atoms with Crippen LogP contribution in [0.15, 0.2) is 10.4 Å². The molecule has 0 saturated carbocycles. The summed E-state index contributed by atoms with van der Waals surface area (Å²) >= 11 is 10.2. The van der Waals surface area contributed by atoms with Gasteiger partial charge in [0.1, 0.15) is 10.0 Å². The molecule has 2 rings (SSSR count). The summed E-state index contributed by atoms with van der Waals surface area (Å²) < 4.78 is 10.5. The third-order valence-corrected chi connectivity index (χ3v) is 4.65. The fourth-order valence-electron chi connectivity index (χ4n) is 0.828. The molecule has 8 heteroatoms. The highest BCUT2D eigenvalue weighted by atomic mass is 35.5. The predicted molar refractivity (Wildman–Crippen MR) is 63.1 cm³/mol. The Balaban J connectivity index is 1.96. The second-order valence-electron chi connectivity index (χ2n) is 2.43. The Bertz CT molecular complexity index is 444. The largest absolute Gasteiger partial charge is 0.473 e. The maximum Gasteiger partial charge on any atom is 0.273 e. The maximum absolute atomic E-state index is 5.88. The average Bonchev–Trinajstić information content (AvgIpc) is 2.84. The molecule has 0 saturated heterocycles. The van der Waals surface area contributed by atoms with Crippen LogP contribution in [0, 0.1) is 0 Å². The van der Waals surface area contributed by atoms with E-state index < -0.39 is 0 Å². The van der Waals surface area contributed by atoms with Crippen molar-refractivity contribution in [3.05, 3.63) is 16.2 Å². The quantitative estimate of drug-likeness (QED) is 0.806. The van der Waals surface area contributed by atoms with E-state index in [9.17, 15) is 0 Å². The first kappa shape index (κ1) is 11.1. The molecule has 2 aromatic rings. The number of hydrogen-bond donors (Lipinski definition) is 0. The van der Waals surface area contributed by atoms with Gasteiger partial charge in [0.25, 0.3) is 5.19 Å². The molecular weight excluding hydrogens is 274 g/mol. The molecule has 0 spiro atoms. The van der Waals surface area contributed by atoms with Crippen molar-refractivity contribution in [1.29, 1.82) is 0 Å². The minimum absolute atomic E-state index is 0.652. The van der Waals surface area contributed by atoms with E-state index >= 15 is 0 Å². The van der Waals surface area contributed by atoms with Gasteiger partial charge >= 0.3 is 0 Å². The van der Waals surface area contributed by atoms with Crippen LogP contribution in [0.2, 0.25) is 4.34 Å². The Morgan fingerprint density at radius 2 is 2.47 bits per heavy atom. The van der Waals surface area contributed by atoms with Gasteiger partial charge in [-0.3, -0.25) is 0 Å². The van der Waals surface area contributed by atoms with Gasteiger partial charge in [-0.25, -0.2) is 4.98 Å². The van der Waals surface area contributed by atoms with Crippen LogP contribution in [0.3, 0.4) is 0 Å². The number of nitrogens with zero attached hydrogens (tertiary/aromatic N) is 3. The molecule has 0 aromatic carbocycles. The van der Waals surface area contributed by atoms with Crippen molar-refractivity contribution in [1.82, 2.24) is 14.6 Å². The molecule has 0 aliphatic carbocycles. The monoisotopic (exact) mass is 279 g/mol. The minimum atomic E-state index is 0.652. The number of rotatable bonds is 4. The molecule has 15 heavy (non-hydrogen) atoms. The molecule has 0 unspecified atom stereocenters. The van der Waals surface area contributed by atoms with Crippen LogP contribution in [-0.2, 0) is 5.75 Å². The van der Waals surface area contributed by atoms with Gasteiger partial charge in [-0.2, -0.15) is 0 Å². The highest BCUT2D eigenvalue weighted by Crippen LogP contribution is 2.33. The zero-order valence-corrected chi connectivity index (χ0v) is 10.8. The number of ether oxygens (including phenoxy) is 1. The Morgan fingerprint density at radius 3 is 3.07 bits per heavy atom. The van der Waals surface area contributed by atoms with Gasteiger partial charge in [-0.15, -0.1) is 16.9 Å². The van der Waals surface area contributed by atoms with Crippen molar-refractivity contribution in [3.8, 4) is 5.19 Å². The van der Waals surface area contributed by atoms with E-state index in [0.717, 1.165) is 9.90 Å². The van der Waals surface area contributed by atoms with Gasteiger partial charge < -0.3 is 4.74 Å². The fraction of sp³-hybridized carbons (Fsp3) is 0.286. The lowest BCUT2D eigenvalue weighted by Crippen LogP contribution is -1.80. The van der Waals surface area contributed by atoms with Crippen molar-refractivity contribution < 1.29 is 4.74 Å².